The van der Waals surface area contributed by atoms with E-state index in [9.17, 15) is 19.5 Å². The minimum Gasteiger partial charge on any atom is -0.480 e. The Bertz CT molecular complexity index is 530. The first kappa shape index (κ1) is 15.0. The lowest BCUT2D eigenvalue weighted by molar-refractivity contribution is -0.143. The molecular formula is C15H18N2O4. The lowest BCUT2D eigenvalue weighted by atomic mass is 9.96. The molecule has 1 unspecified atom stereocenters. The Morgan fingerprint density at radius 2 is 2.05 bits per heavy atom. The second kappa shape index (κ2) is 6.88. The molecule has 112 valence electrons. The van der Waals surface area contributed by atoms with Crippen LogP contribution in [0.4, 0.5) is 0 Å². The zero-order chi connectivity index (χ0) is 15.2. The van der Waals surface area contributed by atoms with Crippen LogP contribution in [0, 0.1) is 5.92 Å². The van der Waals surface area contributed by atoms with E-state index < -0.39 is 17.9 Å². The molecule has 1 aromatic rings. The molecule has 1 aromatic carbocycles. The average molecular weight is 290 g/mol. The predicted molar refractivity (Wildman–Crippen MR) is 75.4 cm³/mol. The predicted octanol–water partition coefficient (Wildman–Crippen LogP) is 0.325. The molecular weight excluding hydrogens is 272 g/mol. The zero-order valence-corrected chi connectivity index (χ0v) is 11.5. The Kier molecular flexibility index (Phi) is 4.92. The van der Waals surface area contributed by atoms with Gasteiger partial charge in [-0.05, 0) is 12.0 Å². The van der Waals surface area contributed by atoms with Gasteiger partial charge in [0.25, 0.3) is 0 Å². The topological polar surface area (TPSA) is 95.5 Å². The molecule has 2 rings (SSSR count). The third kappa shape index (κ3) is 4.30. The number of aliphatic carboxylic acids is 1. The molecule has 0 aromatic heterocycles. The van der Waals surface area contributed by atoms with Crippen molar-refractivity contribution >= 4 is 17.8 Å². The molecule has 2 atom stereocenters. The largest absolute Gasteiger partial charge is 0.480 e. The fraction of sp³-hybridized carbons (Fsp3) is 0.400. The second-order valence-corrected chi connectivity index (χ2v) is 5.13. The van der Waals surface area contributed by atoms with E-state index in [4.69, 9.17) is 0 Å². The number of benzene rings is 1. The summed E-state index contributed by atoms with van der Waals surface area (Å²) in [6.07, 6.45) is 0.875. The quantitative estimate of drug-likeness (QED) is 0.728. The van der Waals surface area contributed by atoms with Gasteiger partial charge in [-0.15, -0.1) is 0 Å². The van der Waals surface area contributed by atoms with Crippen LogP contribution >= 0.6 is 0 Å². The van der Waals surface area contributed by atoms with Crippen molar-refractivity contribution in [2.24, 2.45) is 5.92 Å². The van der Waals surface area contributed by atoms with Gasteiger partial charge in [-0.2, -0.15) is 0 Å². The molecule has 1 heterocycles. The van der Waals surface area contributed by atoms with Crippen molar-refractivity contribution < 1.29 is 19.5 Å². The van der Waals surface area contributed by atoms with Crippen LogP contribution in [-0.2, 0) is 20.8 Å². The smallest absolute Gasteiger partial charge is 0.326 e. The van der Waals surface area contributed by atoms with Crippen LogP contribution < -0.4 is 10.6 Å². The number of rotatable bonds is 5. The highest BCUT2D eigenvalue weighted by atomic mass is 16.4. The maximum Gasteiger partial charge on any atom is 0.326 e. The van der Waals surface area contributed by atoms with Crippen LogP contribution in [0.1, 0.15) is 18.4 Å². The van der Waals surface area contributed by atoms with Crippen LogP contribution in [0.5, 0.6) is 0 Å². The van der Waals surface area contributed by atoms with Crippen LogP contribution in [0.3, 0.4) is 0 Å². The van der Waals surface area contributed by atoms with E-state index >= 15 is 0 Å². The van der Waals surface area contributed by atoms with E-state index in [0.29, 0.717) is 13.0 Å². The third-order valence-electron chi connectivity index (χ3n) is 3.51. The number of carboxylic acid groups (broad SMARTS) is 1. The molecule has 1 fully saturated rings. The summed E-state index contributed by atoms with van der Waals surface area (Å²) in [6, 6.07) is 8.14. The second-order valence-electron chi connectivity index (χ2n) is 5.13. The molecule has 0 spiro atoms. The Balaban J connectivity index is 1.97. The Morgan fingerprint density at radius 1 is 1.33 bits per heavy atom. The summed E-state index contributed by atoms with van der Waals surface area (Å²) >= 11 is 0. The van der Waals surface area contributed by atoms with E-state index in [-0.39, 0.29) is 24.7 Å². The molecule has 0 radical (unpaired) electrons. The highest BCUT2D eigenvalue weighted by Crippen LogP contribution is 2.13. The fourth-order valence-electron chi connectivity index (χ4n) is 2.35. The molecule has 1 saturated heterocycles. The van der Waals surface area contributed by atoms with Gasteiger partial charge < -0.3 is 15.7 Å². The first-order valence-corrected chi connectivity index (χ1v) is 6.90. The van der Waals surface area contributed by atoms with Gasteiger partial charge in [-0.25, -0.2) is 4.79 Å². The molecule has 0 bridgehead atoms. The van der Waals surface area contributed by atoms with E-state index in [2.05, 4.69) is 10.6 Å². The first-order chi connectivity index (χ1) is 10.1. The molecule has 1 aliphatic heterocycles. The molecule has 0 aliphatic carbocycles. The maximum absolute atomic E-state index is 12.1. The maximum atomic E-state index is 12.1. The van der Waals surface area contributed by atoms with Crippen molar-refractivity contribution in [2.45, 2.75) is 25.3 Å². The van der Waals surface area contributed by atoms with Crippen molar-refractivity contribution in [1.82, 2.24) is 10.6 Å². The lowest BCUT2D eigenvalue weighted by Gasteiger charge is -2.23. The van der Waals surface area contributed by atoms with Crippen LogP contribution in [0.15, 0.2) is 30.3 Å². The third-order valence-corrected chi connectivity index (χ3v) is 3.51. The number of carbonyl (C=O) groups excluding carboxylic acids is 2. The molecule has 1 aliphatic rings. The van der Waals surface area contributed by atoms with Gasteiger partial charge in [-0.3, -0.25) is 9.59 Å². The van der Waals surface area contributed by atoms with Crippen molar-refractivity contribution in [3.8, 4) is 0 Å². The van der Waals surface area contributed by atoms with Crippen molar-refractivity contribution in [3.63, 3.8) is 0 Å². The van der Waals surface area contributed by atoms with E-state index in [1.165, 1.54) is 0 Å². The van der Waals surface area contributed by atoms with E-state index in [1.807, 2.05) is 30.3 Å². The Morgan fingerprint density at radius 3 is 2.67 bits per heavy atom. The number of hydrogen-bond acceptors (Lipinski definition) is 3. The number of carboxylic acids is 1. The van der Waals surface area contributed by atoms with Gasteiger partial charge in [0.15, 0.2) is 0 Å². The zero-order valence-electron chi connectivity index (χ0n) is 11.5. The van der Waals surface area contributed by atoms with E-state index in [0.717, 1.165) is 5.56 Å². The summed E-state index contributed by atoms with van der Waals surface area (Å²) in [5.74, 6) is -2.06. The Hall–Kier alpha value is -2.37. The minimum absolute atomic E-state index is 0.115. The molecule has 0 saturated carbocycles. The van der Waals surface area contributed by atoms with Gasteiger partial charge in [0.1, 0.15) is 6.04 Å². The number of hydrogen-bond donors (Lipinski definition) is 3. The summed E-state index contributed by atoms with van der Waals surface area (Å²) in [7, 11) is 0. The Labute approximate surface area is 122 Å². The molecule has 2 amide bonds. The van der Waals surface area contributed by atoms with E-state index in [1.54, 1.807) is 0 Å². The molecule has 3 N–H and O–H groups in total. The summed E-state index contributed by atoms with van der Waals surface area (Å²) in [4.78, 5) is 34.7. The van der Waals surface area contributed by atoms with Crippen LogP contribution in [0.25, 0.3) is 0 Å². The highest BCUT2D eigenvalue weighted by molar-refractivity contribution is 5.89. The van der Waals surface area contributed by atoms with Gasteiger partial charge in [0.2, 0.25) is 11.8 Å². The molecule has 6 nitrogen and oxygen atoms in total. The fourth-order valence-corrected chi connectivity index (χ4v) is 2.35. The average Bonchev–Trinajstić information content (AvgIpc) is 2.47. The van der Waals surface area contributed by atoms with Gasteiger partial charge >= 0.3 is 5.97 Å². The monoisotopic (exact) mass is 290 g/mol. The van der Waals surface area contributed by atoms with Gasteiger partial charge in [0, 0.05) is 25.3 Å². The molecule has 21 heavy (non-hydrogen) atoms. The van der Waals surface area contributed by atoms with Gasteiger partial charge in [-0.1, -0.05) is 30.3 Å². The summed E-state index contributed by atoms with van der Waals surface area (Å²) in [5.41, 5.74) is 0.839. The normalized spacial score (nSPS) is 19.4. The summed E-state index contributed by atoms with van der Waals surface area (Å²) in [5, 5.41) is 14.4. The van der Waals surface area contributed by atoms with Crippen LogP contribution in [-0.4, -0.2) is 35.5 Å². The molecule has 6 heteroatoms. The SMILES string of the molecule is O=C1CC(C(=O)N[C@@H](Cc2ccccc2)C(=O)O)CCN1. The first-order valence-electron chi connectivity index (χ1n) is 6.90. The van der Waals surface area contributed by atoms with Crippen molar-refractivity contribution in [1.29, 1.82) is 0 Å². The van der Waals surface area contributed by atoms with Crippen molar-refractivity contribution in [3.05, 3.63) is 35.9 Å². The van der Waals surface area contributed by atoms with Crippen molar-refractivity contribution in [2.75, 3.05) is 6.54 Å². The number of piperidine rings is 1. The summed E-state index contributed by atoms with van der Waals surface area (Å²) < 4.78 is 0. The highest BCUT2D eigenvalue weighted by Gasteiger charge is 2.29. The standard InChI is InChI=1S/C15H18N2O4/c18-13-9-11(6-7-16-13)14(19)17-12(15(20)21)8-10-4-2-1-3-5-10/h1-5,11-12H,6-9H2,(H,16,18)(H,17,19)(H,20,21)/t11?,12-/m0/s1. The number of nitrogens with one attached hydrogen (secondary N) is 2. The number of carbonyl (C=O) groups is 3. The van der Waals surface area contributed by atoms with Crippen LogP contribution in [0.2, 0.25) is 0 Å². The van der Waals surface area contributed by atoms with Gasteiger partial charge in [0.05, 0.1) is 0 Å². The lowest BCUT2D eigenvalue weighted by Crippen LogP contribution is -2.47. The minimum atomic E-state index is -1.08. The number of amides is 2. The summed E-state index contributed by atoms with van der Waals surface area (Å²) in [6.45, 7) is 0.452.